The molecule has 0 radical (unpaired) electrons. The quantitative estimate of drug-likeness (QED) is 0.611. The SMILES string of the molecule is CCC(CCn1c(=O)[nH]c(=O)[nH]c1=O)[Si](OC)(OC)OC. The second-order valence-electron chi connectivity index (χ2n) is 4.45. The fourth-order valence-corrected chi connectivity index (χ4v) is 4.80. The number of H-pyrrole nitrogens is 2. The van der Waals surface area contributed by atoms with Gasteiger partial charge < -0.3 is 13.3 Å². The Hall–Kier alpha value is -1.49. The highest BCUT2D eigenvalue weighted by atomic mass is 28.4. The van der Waals surface area contributed by atoms with Crippen LogP contribution in [0.3, 0.4) is 0 Å². The summed E-state index contributed by atoms with van der Waals surface area (Å²) in [6.07, 6.45) is 1.16. The molecule has 1 rings (SSSR count). The summed E-state index contributed by atoms with van der Waals surface area (Å²) in [4.78, 5) is 38.3. The molecule has 0 saturated heterocycles. The van der Waals surface area contributed by atoms with Crippen LogP contribution in [0.25, 0.3) is 0 Å². The van der Waals surface area contributed by atoms with E-state index in [0.717, 1.165) is 4.57 Å². The van der Waals surface area contributed by atoms with Gasteiger partial charge in [-0.3, -0.25) is 9.97 Å². The molecule has 120 valence electrons. The fraction of sp³-hybridized carbons (Fsp3) is 0.727. The molecule has 0 aromatic carbocycles. The number of nitrogens with one attached hydrogen (secondary N) is 2. The lowest BCUT2D eigenvalue weighted by molar-refractivity contribution is 0.108. The maximum Gasteiger partial charge on any atom is 0.503 e. The van der Waals surface area contributed by atoms with Crippen LogP contribution in [0, 0.1) is 0 Å². The number of nitrogens with zero attached hydrogens (tertiary/aromatic N) is 1. The standard InChI is InChI=1S/C11H21N3O6Si/c1-5-8(21(18-2,19-3)20-4)6-7-14-10(16)12-9(15)13-11(14)17/h8H,5-7H2,1-4H3,(H2,12,13,15,16,17). The fourth-order valence-electron chi connectivity index (χ4n) is 2.32. The molecule has 0 fully saturated rings. The highest BCUT2D eigenvalue weighted by Crippen LogP contribution is 2.30. The molecule has 0 aliphatic carbocycles. The van der Waals surface area contributed by atoms with E-state index in [2.05, 4.69) is 0 Å². The predicted octanol–water partition coefficient (Wildman–Crippen LogP) is -0.727. The number of hydrogen-bond acceptors (Lipinski definition) is 6. The van der Waals surface area contributed by atoms with Gasteiger partial charge in [-0.05, 0) is 12.8 Å². The van der Waals surface area contributed by atoms with Gasteiger partial charge in [0.1, 0.15) is 0 Å². The minimum absolute atomic E-state index is 0.0734. The topological polar surface area (TPSA) is 115 Å². The van der Waals surface area contributed by atoms with Crippen molar-refractivity contribution in [3.05, 3.63) is 31.5 Å². The summed E-state index contributed by atoms with van der Waals surface area (Å²) in [7, 11) is 1.70. The first-order chi connectivity index (χ1) is 9.93. The van der Waals surface area contributed by atoms with Gasteiger partial charge in [-0.15, -0.1) is 0 Å². The molecule has 1 heterocycles. The zero-order valence-electron chi connectivity index (χ0n) is 12.6. The van der Waals surface area contributed by atoms with Gasteiger partial charge in [-0.25, -0.2) is 19.0 Å². The molecule has 2 N–H and O–H groups in total. The minimum Gasteiger partial charge on any atom is -0.377 e. The minimum atomic E-state index is -2.85. The van der Waals surface area contributed by atoms with Crippen LogP contribution in [-0.4, -0.2) is 44.7 Å². The zero-order valence-corrected chi connectivity index (χ0v) is 13.6. The molecule has 0 bridgehead atoms. The summed E-state index contributed by atoms with van der Waals surface area (Å²) in [5.74, 6) is 0. The van der Waals surface area contributed by atoms with E-state index in [-0.39, 0.29) is 12.1 Å². The van der Waals surface area contributed by atoms with Crippen molar-refractivity contribution in [2.45, 2.75) is 31.9 Å². The third-order valence-electron chi connectivity index (χ3n) is 3.48. The summed E-state index contributed by atoms with van der Waals surface area (Å²) < 4.78 is 17.2. The lowest BCUT2D eigenvalue weighted by Gasteiger charge is -2.31. The first-order valence-corrected chi connectivity index (χ1v) is 8.33. The molecule has 10 heteroatoms. The van der Waals surface area contributed by atoms with Crippen molar-refractivity contribution in [2.75, 3.05) is 21.3 Å². The van der Waals surface area contributed by atoms with Crippen molar-refractivity contribution in [3.8, 4) is 0 Å². The Bertz CT molecular complexity index is 575. The Morgan fingerprint density at radius 1 is 1.05 bits per heavy atom. The summed E-state index contributed by atoms with van der Waals surface area (Å²) in [6, 6.07) is 0. The van der Waals surface area contributed by atoms with E-state index in [9.17, 15) is 14.4 Å². The smallest absolute Gasteiger partial charge is 0.377 e. The van der Waals surface area contributed by atoms with Crippen LogP contribution in [0.4, 0.5) is 0 Å². The number of aromatic amines is 2. The molecule has 0 aliphatic rings. The van der Waals surface area contributed by atoms with Crippen molar-refractivity contribution < 1.29 is 13.3 Å². The monoisotopic (exact) mass is 319 g/mol. The van der Waals surface area contributed by atoms with Crippen molar-refractivity contribution in [3.63, 3.8) is 0 Å². The third kappa shape index (κ3) is 3.78. The normalized spacial score (nSPS) is 13.3. The summed E-state index contributed by atoms with van der Waals surface area (Å²) >= 11 is 0. The van der Waals surface area contributed by atoms with Crippen molar-refractivity contribution >= 4 is 8.80 Å². The molecule has 1 atom stereocenters. The largest absolute Gasteiger partial charge is 0.503 e. The van der Waals surface area contributed by atoms with Crippen LogP contribution >= 0.6 is 0 Å². The highest BCUT2D eigenvalue weighted by Gasteiger charge is 2.45. The van der Waals surface area contributed by atoms with Crippen LogP contribution < -0.4 is 17.1 Å². The van der Waals surface area contributed by atoms with Crippen LogP contribution in [0.2, 0.25) is 5.54 Å². The maximum atomic E-state index is 11.6. The molecule has 0 spiro atoms. The average Bonchev–Trinajstić information content (AvgIpc) is 2.45. The van der Waals surface area contributed by atoms with E-state index in [0.29, 0.717) is 12.8 Å². The molecule has 0 saturated carbocycles. The Kier molecular flexibility index (Phi) is 6.27. The van der Waals surface area contributed by atoms with Crippen LogP contribution in [0.5, 0.6) is 0 Å². The van der Waals surface area contributed by atoms with E-state index in [4.69, 9.17) is 13.3 Å². The lowest BCUT2D eigenvalue weighted by atomic mass is 10.2. The first-order valence-electron chi connectivity index (χ1n) is 6.53. The van der Waals surface area contributed by atoms with Crippen LogP contribution in [-0.2, 0) is 19.8 Å². The Morgan fingerprint density at radius 2 is 1.52 bits per heavy atom. The Balaban J connectivity index is 2.98. The predicted molar refractivity (Wildman–Crippen MR) is 77.4 cm³/mol. The van der Waals surface area contributed by atoms with Gasteiger partial charge in [-0.2, -0.15) is 0 Å². The third-order valence-corrected chi connectivity index (χ3v) is 6.88. The molecule has 1 aromatic heterocycles. The first kappa shape index (κ1) is 17.6. The van der Waals surface area contributed by atoms with Gasteiger partial charge in [0.05, 0.1) is 0 Å². The molecule has 0 aliphatic heterocycles. The van der Waals surface area contributed by atoms with Gasteiger partial charge in [0, 0.05) is 33.4 Å². The van der Waals surface area contributed by atoms with Gasteiger partial charge in [0.15, 0.2) is 0 Å². The Morgan fingerprint density at radius 3 is 1.90 bits per heavy atom. The van der Waals surface area contributed by atoms with Crippen molar-refractivity contribution in [1.29, 1.82) is 0 Å². The second-order valence-corrected chi connectivity index (χ2v) is 7.70. The van der Waals surface area contributed by atoms with E-state index in [1.165, 1.54) is 21.3 Å². The van der Waals surface area contributed by atoms with Gasteiger partial charge >= 0.3 is 25.9 Å². The second kappa shape index (κ2) is 7.50. The van der Waals surface area contributed by atoms with Gasteiger partial charge in [0.25, 0.3) is 0 Å². The zero-order chi connectivity index (χ0) is 16.0. The van der Waals surface area contributed by atoms with Crippen molar-refractivity contribution in [2.24, 2.45) is 0 Å². The molecule has 0 amide bonds. The lowest BCUT2D eigenvalue weighted by Crippen LogP contribution is -2.49. The number of hydrogen-bond donors (Lipinski definition) is 2. The number of aromatic nitrogens is 3. The maximum absolute atomic E-state index is 11.6. The number of rotatable bonds is 8. The van der Waals surface area contributed by atoms with Crippen LogP contribution in [0.1, 0.15) is 19.8 Å². The van der Waals surface area contributed by atoms with Crippen LogP contribution in [0.15, 0.2) is 14.4 Å². The molecule has 1 unspecified atom stereocenters. The summed E-state index contributed by atoms with van der Waals surface area (Å²) in [6.45, 7) is 2.08. The molecule has 21 heavy (non-hydrogen) atoms. The van der Waals surface area contributed by atoms with Gasteiger partial charge in [-0.1, -0.05) is 6.92 Å². The van der Waals surface area contributed by atoms with E-state index < -0.39 is 25.9 Å². The van der Waals surface area contributed by atoms with E-state index in [1.54, 1.807) is 0 Å². The molecular weight excluding hydrogens is 298 g/mol. The molecule has 9 nitrogen and oxygen atoms in total. The molecule has 1 aromatic rings. The summed E-state index contributed by atoms with van der Waals surface area (Å²) in [5, 5.41) is 0. The highest BCUT2D eigenvalue weighted by molar-refractivity contribution is 6.62. The van der Waals surface area contributed by atoms with E-state index in [1.807, 2.05) is 16.9 Å². The van der Waals surface area contributed by atoms with Gasteiger partial charge in [0.2, 0.25) is 0 Å². The average molecular weight is 319 g/mol. The van der Waals surface area contributed by atoms with E-state index >= 15 is 0 Å². The van der Waals surface area contributed by atoms with Crippen molar-refractivity contribution in [1.82, 2.24) is 14.5 Å². The Labute approximate surface area is 122 Å². The molecular formula is C11H21N3O6Si. The summed E-state index contributed by atoms with van der Waals surface area (Å²) in [5.41, 5.74) is -2.37.